The molecule has 0 fully saturated rings. The van der Waals surface area contributed by atoms with Gasteiger partial charge in [-0.05, 0) is 42.7 Å². The zero-order valence-corrected chi connectivity index (χ0v) is 12.2. The Labute approximate surface area is 120 Å². The van der Waals surface area contributed by atoms with E-state index in [2.05, 4.69) is 31.3 Å². The summed E-state index contributed by atoms with van der Waals surface area (Å²) in [7, 11) is 0. The predicted molar refractivity (Wildman–Crippen MR) is 81.0 cm³/mol. The molecule has 0 amide bonds. The molecule has 2 heterocycles. The van der Waals surface area contributed by atoms with Crippen molar-refractivity contribution in [1.82, 2.24) is 10.4 Å². The number of nitrogens with zero attached hydrogens (tertiary/aromatic N) is 1. The van der Waals surface area contributed by atoms with E-state index in [4.69, 9.17) is 0 Å². The van der Waals surface area contributed by atoms with Gasteiger partial charge in [-0.1, -0.05) is 43.7 Å². The van der Waals surface area contributed by atoms with Crippen LogP contribution in [0.2, 0.25) is 0 Å². The molecule has 4 aliphatic rings. The van der Waals surface area contributed by atoms with Gasteiger partial charge in [0.25, 0.3) is 0 Å². The van der Waals surface area contributed by atoms with Gasteiger partial charge >= 0.3 is 0 Å². The molecule has 2 aliphatic carbocycles. The van der Waals surface area contributed by atoms with Crippen molar-refractivity contribution in [3.05, 3.63) is 51.8 Å². The predicted octanol–water partition coefficient (Wildman–Crippen LogP) is 2.68. The van der Waals surface area contributed by atoms with Crippen molar-refractivity contribution in [2.45, 2.75) is 32.2 Å². The van der Waals surface area contributed by atoms with Gasteiger partial charge in [-0.2, -0.15) is 0 Å². The molecule has 0 radical (unpaired) electrons. The van der Waals surface area contributed by atoms with E-state index in [0.717, 1.165) is 25.9 Å². The molecule has 0 bridgehead atoms. The molecule has 0 aromatic carbocycles. The van der Waals surface area contributed by atoms with Gasteiger partial charge in [0.2, 0.25) is 0 Å². The molecule has 1 N–H and O–H groups in total. The Morgan fingerprint density at radius 2 is 2.00 bits per heavy atom. The van der Waals surface area contributed by atoms with E-state index in [0.29, 0.717) is 6.54 Å². The SMILES string of the molecule is CC1(C)CN([O-])C2(C=CC=C2)C2=C1C1=C(CCNC1)C2. The summed E-state index contributed by atoms with van der Waals surface area (Å²) in [4.78, 5) is 0. The van der Waals surface area contributed by atoms with Gasteiger partial charge in [0.05, 0.1) is 5.54 Å². The summed E-state index contributed by atoms with van der Waals surface area (Å²) in [6.07, 6.45) is 10.3. The fraction of sp³-hybridized carbons (Fsp3) is 0.529. The minimum atomic E-state index is -0.498. The average Bonchev–Trinajstić information content (AvgIpc) is 3.02. The van der Waals surface area contributed by atoms with Crippen molar-refractivity contribution in [1.29, 1.82) is 0 Å². The highest BCUT2D eigenvalue weighted by Crippen LogP contribution is 2.54. The van der Waals surface area contributed by atoms with E-state index >= 15 is 0 Å². The molecule has 2 aliphatic heterocycles. The van der Waals surface area contributed by atoms with Crippen LogP contribution in [0.15, 0.2) is 46.6 Å². The number of allylic oxidation sites excluding steroid dienone is 2. The minimum Gasteiger partial charge on any atom is -0.784 e. The maximum Gasteiger partial charge on any atom is 0.0694 e. The smallest absolute Gasteiger partial charge is 0.0694 e. The zero-order valence-electron chi connectivity index (χ0n) is 12.2. The van der Waals surface area contributed by atoms with E-state index in [-0.39, 0.29) is 5.41 Å². The number of hydrogen-bond donors (Lipinski definition) is 1. The van der Waals surface area contributed by atoms with Gasteiger partial charge in [-0.15, -0.1) is 0 Å². The molecule has 0 aromatic heterocycles. The van der Waals surface area contributed by atoms with Crippen LogP contribution in [0.25, 0.3) is 0 Å². The summed E-state index contributed by atoms with van der Waals surface area (Å²) in [5.74, 6) is 0. The zero-order chi connectivity index (χ0) is 14.0. The Morgan fingerprint density at radius 3 is 2.75 bits per heavy atom. The Hall–Kier alpha value is -1.16. The lowest BCUT2D eigenvalue weighted by Gasteiger charge is -2.54. The first-order chi connectivity index (χ1) is 9.55. The summed E-state index contributed by atoms with van der Waals surface area (Å²) in [6.45, 7) is 7.04. The third kappa shape index (κ3) is 1.46. The van der Waals surface area contributed by atoms with Gasteiger partial charge < -0.3 is 15.6 Å². The summed E-state index contributed by atoms with van der Waals surface area (Å²) in [5, 5.41) is 17.5. The van der Waals surface area contributed by atoms with Crippen LogP contribution < -0.4 is 5.32 Å². The maximum absolute atomic E-state index is 12.7. The van der Waals surface area contributed by atoms with Crippen LogP contribution in [0.3, 0.4) is 0 Å². The monoisotopic (exact) mass is 269 g/mol. The number of hydroxylamine groups is 2. The van der Waals surface area contributed by atoms with E-state index in [9.17, 15) is 5.21 Å². The van der Waals surface area contributed by atoms with Gasteiger partial charge in [0, 0.05) is 12.0 Å². The van der Waals surface area contributed by atoms with Crippen LogP contribution in [0.4, 0.5) is 0 Å². The van der Waals surface area contributed by atoms with E-state index in [1.165, 1.54) is 21.8 Å². The number of hydrogen-bond acceptors (Lipinski definition) is 3. The molecule has 4 rings (SSSR count). The summed E-state index contributed by atoms with van der Waals surface area (Å²) in [5.41, 5.74) is 5.30. The quantitative estimate of drug-likeness (QED) is 0.735. The Morgan fingerprint density at radius 1 is 1.25 bits per heavy atom. The second-order valence-electron chi connectivity index (χ2n) is 7.00. The number of rotatable bonds is 0. The normalized spacial score (nSPS) is 30.4. The topological polar surface area (TPSA) is 38.3 Å². The number of fused-ring (bicyclic) bond motifs is 2. The lowest BCUT2D eigenvalue weighted by Crippen LogP contribution is -2.52. The Bertz CT molecular complexity index is 580. The standard InChI is InChI=1S/C17H21N2O/c1-16(2)11-19(20)17(6-3-4-7-17)14-9-12-5-8-18-10-13(12)15(14)16/h3-4,6-7,18H,5,8-11H2,1-2H3/q-1. The van der Waals surface area contributed by atoms with Gasteiger partial charge in [0.1, 0.15) is 0 Å². The molecule has 0 saturated carbocycles. The largest absolute Gasteiger partial charge is 0.784 e. The van der Waals surface area contributed by atoms with E-state index in [1.54, 1.807) is 5.57 Å². The summed E-state index contributed by atoms with van der Waals surface area (Å²) < 4.78 is 0. The average molecular weight is 269 g/mol. The minimum absolute atomic E-state index is 0.0529. The van der Waals surface area contributed by atoms with Gasteiger partial charge in [0.15, 0.2) is 0 Å². The van der Waals surface area contributed by atoms with Crippen LogP contribution in [-0.2, 0) is 0 Å². The molecule has 0 unspecified atom stereocenters. The number of nitrogens with one attached hydrogen (secondary N) is 1. The Kier molecular flexibility index (Phi) is 2.48. The maximum atomic E-state index is 12.7. The van der Waals surface area contributed by atoms with Crippen LogP contribution in [0.1, 0.15) is 26.7 Å². The van der Waals surface area contributed by atoms with Crippen LogP contribution in [0, 0.1) is 10.6 Å². The van der Waals surface area contributed by atoms with E-state index in [1.807, 2.05) is 12.2 Å². The highest BCUT2D eigenvalue weighted by Gasteiger charge is 2.48. The van der Waals surface area contributed by atoms with Crippen molar-refractivity contribution in [3.63, 3.8) is 0 Å². The molecular formula is C17H21N2O-. The molecule has 3 heteroatoms. The molecular weight excluding hydrogens is 248 g/mol. The second-order valence-corrected chi connectivity index (χ2v) is 7.00. The fourth-order valence-corrected chi connectivity index (χ4v) is 4.38. The molecule has 0 atom stereocenters. The molecule has 1 spiro atoms. The molecule has 0 saturated heterocycles. The highest BCUT2D eigenvalue weighted by atomic mass is 16.5. The van der Waals surface area contributed by atoms with Crippen molar-refractivity contribution < 1.29 is 0 Å². The first-order valence-corrected chi connectivity index (χ1v) is 7.52. The molecule has 0 aromatic rings. The molecule has 20 heavy (non-hydrogen) atoms. The van der Waals surface area contributed by atoms with Crippen molar-refractivity contribution in [2.75, 3.05) is 19.6 Å². The third-order valence-electron chi connectivity index (χ3n) is 5.25. The van der Waals surface area contributed by atoms with Crippen molar-refractivity contribution in [2.24, 2.45) is 5.41 Å². The van der Waals surface area contributed by atoms with Crippen LogP contribution >= 0.6 is 0 Å². The van der Waals surface area contributed by atoms with E-state index < -0.39 is 5.54 Å². The highest BCUT2D eigenvalue weighted by molar-refractivity contribution is 5.61. The third-order valence-corrected chi connectivity index (χ3v) is 5.25. The van der Waals surface area contributed by atoms with Gasteiger partial charge in [-0.3, -0.25) is 0 Å². The van der Waals surface area contributed by atoms with Crippen LogP contribution in [0.5, 0.6) is 0 Å². The molecule has 3 nitrogen and oxygen atoms in total. The Balaban J connectivity index is 1.91. The lowest BCUT2D eigenvalue weighted by atomic mass is 9.71. The fourth-order valence-electron chi connectivity index (χ4n) is 4.38. The van der Waals surface area contributed by atoms with Crippen molar-refractivity contribution in [3.8, 4) is 0 Å². The lowest BCUT2D eigenvalue weighted by molar-refractivity contribution is 0.184. The first-order valence-electron chi connectivity index (χ1n) is 7.52. The molecule has 106 valence electrons. The van der Waals surface area contributed by atoms with Crippen LogP contribution in [-0.4, -0.2) is 30.2 Å². The second kappa shape index (κ2) is 3.94. The summed E-state index contributed by atoms with van der Waals surface area (Å²) >= 11 is 0. The first kappa shape index (κ1) is 12.6. The van der Waals surface area contributed by atoms with Gasteiger partial charge in [-0.25, -0.2) is 0 Å². The summed E-state index contributed by atoms with van der Waals surface area (Å²) in [6, 6.07) is 0. The van der Waals surface area contributed by atoms with Crippen molar-refractivity contribution >= 4 is 0 Å².